The van der Waals surface area contributed by atoms with Gasteiger partial charge in [-0.25, -0.2) is 9.37 Å². The fourth-order valence-corrected chi connectivity index (χ4v) is 4.46. The average molecular weight is 484 g/mol. The minimum Gasteiger partial charge on any atom is -0.323 e. The number of thioether (sulfide) groups is 1. The van der Waals surface area contributed by atoms with Crippen molar-refractivity contribution >= 4 is 60.8 Å². The van der Waals surface area contributed by atoms with Gasteiger partial charge in [-0.15, -0.1) is 11.3 Å². The normalized spacial score (nSPS) is 11.3. The molecule has 0 aliphatic heterocycles. The maximum atomic E-state index is 13.9. The molecule has 2 aromatic heterocycles. The van der Waals surface area contributed by atoms with Crippen molar-refractivity contribution in [2.45, 2.75) is 32.0 Å². The summed E-state index contributed by atoms with van der Waals surface area (Å²) in [6.45, 7) is 4.73. The lowest BCUT2D eigenvalue weighted by Gasteiger charge is -2.13. The summed E-state index contributed by atoms with van der Waals surface area (Å²) >= 11 is 5.73. The molecule has 3 aromatic rings. The fourth-order valence-electron chi connectivity index (χ4n) is 2.53. The molecule has 0 saturated carbocycles. The zero-order valence-corrected chi connectivity index (χ0v) is 18.6. The summed E-state index contributed by atoms with van der Waals surface area (Å²) in [6, 6.07) is 6.24. The lowest BCUT2D eigenvalue weighted by Crippen LogP contribution is -2.24. The van der Waals surface area contributed by atoms with E-state index in [1.54, 1.807) is 16.7 Å². The second-order valence-electron chi connectivity index (χ2n) is 6.63. The molecule has 5 nitrogen and oxygen atoms in total. The molecule has 0 atom stereocenters. The Balaban J connectivity index is 1.77. The quantitative estimate of drug-likeness (QED) is 0.373. The molecule has 3 rings (SSSR count). The lowest BCUT2D eigenvalue weighted by atomic mass is 10.1. The van der Waals surface area contributed by atoms with E-state index in [2.05, 4.69) is 40.1 Å². The number of nitrogens with zero attached hydrogens (tertiary/aromatic N) is 2. The molecule has 0 saturated heterocycles. The van der Waals surface area contributed by atoms with Crippen LogP contribution in [0.5, 0.6) is 0 Å². The van der Waals surface area contributed by atoms with Crippen LogP contribution in [-0.2, 0) is 11.3 Å². The molecule has 0 fully saturated rings. The number of amides is 1. The predicted octanol–water partition coefficient (Wildman–Crippen LogP) is 5.14. The molecule has 9 heteroatoms. The van der Waals surface area contributed by atoms with Gasteiger partial charge in [0.25, 0.3) is 5.56 Å². The summed E-state index contributed by atoms with van der Waals surface area (Å²) in [6.07, 6.45) is 0.836. The third-order valence-electron chi connectivity index (χ3n) is 4.00. The Bertz CT molecular complexity index is 1070. The minimum absolute atomic E-state index is 0.0270. The van der Waals surface area contributed by atoms with Crippen LogP contribution in [-0.4, -0.2) is 21.2 Å². The van der Waals surface area contributed by atoms with E-state index < -0.39 is 5.82 Å². The van der Waals surface area contributed by atoms with Crippen molar-refractivity contribution in [3.63, 3.8) is 0 Å². The van der Waals surface area contributed by atoms with Gasteiger partial charge in [-0.3, -0.25) is 14.2 Å². The smallest absolute Gasteiger partial charge is 0.272 e. The predicted molar refractivity (Wildman–Crippen MR) is 117 cm³/mol. The minimum atomic E-state index is -0.514. The van der Waals surface area contributed by atoms with Crippen LogP contribution in [0.2, 0.25) is 0 Å². The van der Waals surface area contributed by atoms with Crippen molar-refractivity contribution in [3.8, 4) is 0 Å². The summed E-state index contributed by atoms with van der Waals surface area (Å²) in [7, 11) is 0. The topological polar surface area (TPSA) is 64.0 Å². The SMILES string of the molecule is CC(C)CCn1c(SCC(=O)Nc2ccc(Br)cc2F)nc2ccsc2c1=O. The molecule has 148 valence electrons. The van der Waals surface area contributed by atoms with Crippen molar-refractivity contribution < 1.29 is 9.18 Å². The number of aromatic nitrogens is 2. The van der Waals surface area contributed by atoms with Crippen molar-refractivity contribution in [2.75, 3.05) is 11.1 Å². The number of carbonyl (C=O) groups is 1. The number of carbonyl (C=O) groups excluding carboxylic acids is 1. The van der Waals surface area contributed by atoms with Crippen LogP contribution < -0.4 is 10.9 Å². The second kappa shape index (κ2) is 9.19. The number of anilines is 1. The number of nitrogens with one attached hydrogen (secondary N) is 1. The van der Waals surface area contributed by atoms with Crippen LogP contribution in [0.15, 0.2) is 44.1 Å². The molecule has 0 radical (unpaired) electrons. The largest absolute Gasteiger partial charge is 0.323 e. The van der Waals surface area contributed by atoms with Gasteiger partial charge in [-0.2, -0.15) is 0 Å². The van der Waals surface area contributed by atoms with Crippen molar-refractivity contribution in [2.24, 2.45) is 5.92 Å². The molecular weight excluding hydrogens is 465 g/mol. The van der Waals surface area contributed by atoms with Crippen LogP contribution >= 0.6 is 39.0 Å². The van der Waals surface area contributed by atoms with Crippen LogP contribution in [0.4, 0.5) is 10.1 Å². The molecule has 0 unspecified atom stereocenters. The first-order valence-corrected chi connectivity index (χ1v) is 11.4. The fraction of sp³-hybridized carbons (Fsp3) is 0.316. The van der Waals surface area contributed by atoms with E-state index in [0.717, 1.165) is 6.42 Å². The van der Waals surface area contributed by atoms with E-state index in [1.165, 1.54) is 35.2 Å². The summed E-state index contributed by atoms with van der Waals surface area (Å²) in [5.41, 5.74) is 0.674. The van der Waals surface area contributed by atoms with E-state index >= 15 is 0 Å². The number of benzene rings is 1. The summed E-state index contributed by atoms with van der Waals surface area (Å²) < 4.78 is 16.8. The highest BCUT2D eigenvalue weighted by atomic mass is 79.9. The number of hydrogen-bond acceptors (Lipinski definition) is 5. The Morgan fingerprint density at radius 3 is 2.89 bits per heavy atom. The van der Waals surface area contributed by atoms with Gasteiger partial charge in [0.05, 0.1) is 17.0 Å². The summed E-state index contributed by atoms with van der Waals surface area (Å²) in [5, 5.41) is 4.89. The Morgan fingerprint density at radius 1 is 1.39 bits per heavy atom. The number of fused-ring (bicyclic) bond motifs is 1. The maximum absolute atomic E-state index is 13.9. The first kappa shape index (κ1) is 21.0. The van der Waals surface area contributed by atoms with Crippen LogP contribution in [0.3, 0.4) is 0 Å². The Labute approximate surface area is 178 Å². The van der Waals surface area contributed by atoms with Crippen LogP contribution in [0.25, 0.3) is 10.2 Å². The standard InChI is InChI=1S/C19H19BrFN3O2S2/c1-11(2)5-7-24-18(26)17-15(6-8-27-17)23-19(24)28-10-16(25)22-14-4-3-12(20)9-13(14)21/h3-4,6,8-9,11H,5,7,10H2,1-2H3,(H,22,25). The molecule has 1 aromatic carbocycles. The van der Waals surface area contributed by atoms with Crippen LogP contribution in [0.1, 0.15) is 20.3 Å². The number of halogens is 2. The molecular formula is C19H19BrFN3O2S2. The highest BCUT2D eigenvalue weighted by molar-refractivity contribution is 9.10. The zero-order valence-electron chi connectivity index (χ0n) is 15.4. The molecule has 0 spiro atoms. The van der Waals surface area contributed by atoms with E-state index in [9.17, 15) is 14.0 Å². The van der Waals surface area contributed by atoms with Crippen molar-refractivity contribution in [1.29, 1.82) is 0 Å². The zero-order chi connectivity index (χ0) is 20.3. The van der Waals surface area contributed by atoms with Gasteiger partial charge in [0.1, 0.15) is 10.5 Å². The molecule has 0 bridgehead atoms. The molecule has 1 amide bonds. The van der Waals surface area contributed by atoms with E-state index in [4.69, 9.17) is 0 Å². The van der Waals surface area contributed by atoms with Crippen molar-refractivity contribution in [1.82, 2.24) is 9.55 Å². The van der Waals surface area contributed by atoms with Gasteiger partial charge in [-0.1, -0.05) is 41.5 Å². The summed E-state index contributed by atoms with van der Waals surface area (Å²) in [5.74, 6) is -0.410. The molecule has 0 aliphatic carbocycles. The van der Waals surface area contributed by atoms with Gasteiger partial charge in [0.15, 0.2) is 5.16 Å². The third-order valence-corrected chi connectivity index (χ3v) is 6.36. The maximum Gasteiger partial charge on any atom is 0.272 e. The number of rotatable bonds is 7. The van der Waals surface area contributed by atoms with Gasteiger partial charge in [0.2, 0.25) is 5.91 Å². The number of hydrogen-bond donors (Lipinski definition) is 1. The van der Waals surface area contributed by atoms with Gasteiger partial charge in [-0.05, 0) is 42.0 Å². The monoisotopic (exact) mass is 483 g/mol. The number of thiophene rings is 1. The molecule has 1 N–H and O–H groups in total. The Kier molecular flexibility index (Phi) is 6.90. The van der Waals surface area contributed by atoms with Gasteiger partial charge >= 0.3 is 0 Å². The Hall–Kier alpha value is -1.71. The van der Waals surface area contributed by atoms with E-state index in [1.807, 2.05) is 5.38 Å². The Morgan fingerprint density at radius 2 is 2.18 bits per heavy atom. The third kappa shape index (κ3) is 5.01. The van der Waals surface area contributed by atoms with Gasteiger partial charge < -0.3 is 5.32 Å². The van der Waals surface area contributed by atoms with Gasteiger partial charge in [0, 0.05) is 11.0 Å². The molecule has 28 heavy (non-hydrogen) atoms. The first-order chi connectivity index (χ1) is 13.3. The highest BCUT2D eigenvalue weighted by Gasteiger charge is 2.15. The highest BCUT2D eigenvalue weighted by Crippen LogP contribution is 2.23. The second-order valence-corrected chi connectivity index (χ2v) is 9.40. The van der Waals surface area contributed by atoms with E-state index in [-0.39, 0.29) is 22.9 Å². The van der Waals surface area contributed by atoms with E-state index in [0.29, 0.717) is 32.3 Å². The van der Waals surface area contributed by atoms with Crippen molar-refractivity contribution in [3.05, 3.63) is 50.3 Å². The first-order valence-electron chi connectivity index (χ1n) is 8.71. The molecule has 2 heterocycles. The van der Waals surface area contributed by atoms with Crippen LogP contribution in [0, 0.1) is 11.7 Å². The lowest BCUT2D eigenvalue weighted by molar-refractivity contribution is -0.113. The average Bonchev–Trinajstić information content (AvgIpc) is 3.10. The molecule has 0 aliphatic rings. The summed E-state index contributed by atoms with van der Waals surface area (Å²) in [4.78, 5) is 29.6.